The Morgan fingerprint density at radius 3 is 2.56 bits per heavy atom. The van der Waals surface area contributed by atoms with Crippen molar-refractivity contribution in [1.82, 2.24) is 4.90 Å². The number of hydrogen-bond donors (Lipinski definition) is 1. The van der Waals surface area contributed by atoms with Crippen LogP contribution >= 0.6 is 0 Å². The molecule has 0 spiro atoms. The molecule has 2 amide bonds. The van der Waals surface area contributed by atoms with Gasteiger partial charge in [-0.25, -0.2) is 4.79 Å². The monoisotopic (exact) mass is 367 g/mol. The Balaban J connectivity index is 2.11. The lowest BCUT2D eigenvalue weighted by atomic mass is 10.1. The number of urea groups is 1. The van der Waals surface area contributed by atoms with Gasteiger partial charge >= 0.3 is 6.03 Å². The van der Waals surface area contributed by atoms with Gasteiger partial charge in [0.05, 0.1) is 18.7 Å². The van der Waals surface area contributed by atoms with Gasteiger partial charge in [-0.3, -0.25) is 0 Å². The fourth-order valence-electron chi connectivity index (χ4n) is 2.63. The van der Waals surface area contributed by atoms with Crippen molar-refractivity contribution in [2.45, 2.75) is 19.9 Å². The summed E-state index contributed by atoms with van der Waals surface area (Å²) >= 11 is 0. The highest BCUT2D eigenvalue weighted by Gasteiger charge is 2.15. The van der Waals surface area contributed by atoms with Gasteiger partial charge in [-0.1, -0.05) is 18.2 Å². The molecule has 0 aliphatic carbocycles. The van der Waals surface area contributed by atoms with E-state index >= 15 is 0 Å². The predicted octanol–water partition coefficient (Wildman–Crippen LogP) is 3.95. The summed E-state index contributed by atoms with van der Waals surface area (Å²) in [7, 11) is 3.26. The maximum Gasteiger partial charge on any atom is 0.322 e. The first kappa shape index (κ1) is 20.3. The molecule has 0 atom stereocenters. The van der Waals surface area contributed by atoms with Crippen molar-refractivity contribution in [3.05, 3.63) is 59.2 Å². The smallest absolute Gasteiger partial charge is 0.322 e. The number of benzene rings is 2. The lowest BCUT2D eigenvalue weighted by molar-refractivity contribution is 0.171. The minimum Gasteiger partial charge on any atom is -0.497 e. The SMILES string of the molecule is COCCCN(Cc1ccc(OC)cc1)C(=O)Nc1ccc(C)c(C#N)c1. The summed E-state index contributed by atoms with van der Waals surface area (Å²) in [6.07, 6.45) is 0.734. The molecule has 0 aliphatic heterocycles. The van der Waals surface area contributed by atoms with Crippen LogP contribution in [0.4, 0.5) is 10.5 Å². The Labute approximate surface area is 160 Å². The summed E-state index contributed by atoms with van der Waals surface area (Å²) in [5, 5.41) is 12.1. The van der Waals surface area contributed by atoms with Crippen molar-refractivity contribution in [3.63, 3.8) is 0 Å². The quantitative estimate of drug-likeness (QED) is 0.717. The Kier molecular flexibility index (Phi) is 7.65. The van der Waals surface area contributed by atoms with E-state index < -0.39 is 0 Å². The van der Waals surface area contributed by atoms with Gasteiger partial charge in [0.25, 0.3) is 0 Å². The zero-order chi connectivity index (χ0) is 19.6. The molecule has 0 fully saturated rings. The van der Waals surface area contributed by atoms with E-state index in [0.29, 0.717) is 30.9 Å². The minimum absolute atomic E-state index is 0.213. The zero-order valence-electron chi connectivity index (χ0n) is 16.0. The normalized spacial score (nSPS) is 10.1. The van der Waals surface area contributed by atoms with Crippen LogP contribution in [-0.2, 0) is 11.3 Å². The molecular weight excluding hydrogens is 342 g/mol. The number of aryl methyl sites for hydroxylation is 1. The molecule has 6 heteroatoms. The van der Waals surface area contributed by atoms with E-state index in [-0.39, 0.29) is 6.03 Å². The summed E-state index contributed by atoms with van der Waals surface area (Å²) in [4.78, 5) is 14.5. The maximum absolute atomic E-state index is 12.8. The van der Waals surface area contributed by atoms with Crippen LogP contribution in [0.3, 0.4) is 0 Å². The molecule has 0 saturated heterocycles. The number of nitrogens with zero attached hydrogens (tertiary/aromatic N) is 2. The maximum atomic E-state index is 12.8. The van der Waals surface area contributed by atoms with Crippen molar-refractivity contribution in [3.8, 4) is 11.8 Å². The molecule has 0 unspecified atom stereocenters. The van der Waals surface area contributed by atoms with Crippen LogP contribution in [0.2, 0.25) is 0 Å². The number of carbonyl (C=O) groups is 1. The summed E-state index contributed by atoms with van der Waals surface area (Å²) in [6, 6.07) is 14.9. The lowest BCUT2D eigenvalue weighted by Crippen LogP contribution is -2.35. The van der Waals surface area contributed by atoms with Crippen molar-refractivity contribution in [2.24, 2.45) is 0 Å². The van der Waals surface area contributed by atoms with Crippen LogP contribution in [0.25, 0.3) is 0 Å². The van der Waals surface area contributed by atoms with Crippen LogP contribution in [0.15, 0.2) is 42.5 Å². The topological polar surface area (TPSA) is 74.6 Å². The summed E-state index contributed by atoms with van der Waals surface area (Å²) in [5.41, 5.74) is 3.04. The van der Waals surface area contributed by atoms with E-state index in [1.54, 1.807) is 31.3 Å². The van der Waals surface area contributed by atoms with Crippen LogP contribution in [0, 0.1) is 18.3 Å². The fourth-order valence-corrected chi connectivity index (χ4v) is 2.63. The molecule has 0 radical (unpaired) electrons. The number of anilines is 1. The van der Waals surface area contributed by atoms with Gasteiger partial charge in [-0.05, 0) is 48.7 Å². The largest absolute Gasteiger partial charge is 0.497 e. The third-order valence-electron chi connectivity index (χ3n) is 4.21. The molecule has 0 saturated carbocycles. The van der Waals surface area contributed by atoms with Crippen molar-refractivity contribution in [1.29, 1.82) is 5.26 Å². The summed E-state index contributed by atoms with van der Waals surface area (Å²) < 4.78 is 10.3. The highest BCUT2D eigenvalue weighted by molar-refractivity contribution is 5.89. The molecule has 0 aromatic heterocycles. The number of hydrogen-bond acceptors (Lipinski definition) is 4. The molecule has 27 heavy (non-hydrogen) atoms. The molecule has 2 aromatic rings. The Morgan fingerprint density at radius 2 is 1.93 bits per heavy atom. The molecule has 142 valence electrons. The second-order valence-electron chi connectivity index (χ2n) is 6.19. The van der Waals surface area contributed by atoms with Gasteiger partial charge in [0.15, 0.2) is 0 Å². The fraction of sp³-hybridized carbons (Fsp3) is 0.333. The van der Waals surface area contributed by atoms with E-state index in [9.17, 15) is 4.79 Å². The third kappa shape index (κ3) is 6.01. The average Bonchev–Trinajstić information content (AvgIpc) is 2.69. The van der Waals surface area contributed by atoms with Crippen molar-refractivity contribution >= 4 is 11.7 Å². The van der Waals surface area contributed by atoms with E-state index in [0.717, 1.165) is 23.3 Å². The van der Waals surface area contributed by atoms with Gasteiger partial charge in [0.2, 0.25) is 0 Å². The molecular formula is C21H25N3O3. The zero-order valence-corrected chi connectivity index (χ0v) is 16.0. The molecule has 0 aliphatic rings. The third-order valence-corrected chi connectivity index (χ3v) is 4.21. The lowest BCUT2D eigenvalue weighted by Gasteiger charge is -2.23. The van der Waals surface area contributed by atoms with Gasteiger partial charge in [-0.2, -0.15) is 5.26 Å². The van der Waals surface area contributed by atoms with Gasteiger partial charge in [0.1, 0.15) is 5.75 Å². The van der Waals surface area contributed by atoms with Gasteiger partial charge in [0, 0.05) is 32.5 Å². The second-order valence-corrected chi connectivity index (χ2v) is 6.19. The van der Waals surface area contributed by atoms with Crippen LogP contribution < -0.4 is 10.1 Å². The Hall–Kier alpha value is -3.04. The molecule has 0 heterocycles. The highest BCUT2D eigenvalue weighted by Crippen LogP contribution is 2.17. The number of methoxy groups -OCH3 is 2. The predicted molar refractivity (Wildman–Crippen MR) is 105 cm³/mol. The number of amides is 2. The summed E-state index contributed by atoms with van der Waals surface area (Å²) in [5.74, 6) is 0.776. The van der Waals surface area contributed by atoms with E-state index in [2.05, 4.69) is 11.4 Å². The van der Waals surface area contributed by atoms with Gasteiger partial charge in [-0.15, -0.1) is 0 Å². The van der Waals surface area contributed by atoms with E-state index in [1.807, 2.05) is 37.3 Å². The Bertz CT molecular complexity index is 797. The average molecular weight is 367 g/mol. The molecule has 6 nitrogen and oxygen atoms in total. The first-order chi connectivity index (χ1) is 13.1. The van der Waals surface area contributed by atoms with Crippen LogP contribution in [0.1, 0.15) is 23.1 Å². The second kappa shape index (κ2) is 10.2. The molecule has 1 N–H and O–H groups in total. The van der Waals surface area contributed by atoms with Crippen LogP contribution in [0.5, 0.6) is 5.75 Å². The highest BCUT2D eigenvalue weighted by atomic mass is 16.5. The van der Waals surface area contributed by atoms with Crippen molar-refractivity contribution < 1.29 is 14.3 Å². The number of nitrogens with one attached hydrogen (secondary N) is 1. The minimum atomic E-state index is -0.213. The first-order valence-corrected chi connectivity index (χ1v) is 8.76. The molecule has 2 aromatic carbocycles. The number of nitriles is 1. The number of rotatable bonds is 8. The molecule has 0 bridgehead atoms. The standard InChI is InChI=1S/C21H25N3O3/c1-16-5-8-19(13-18(16)14-22)23-21(25)24(11-4-12-26-2)15-17-6-9-20(27-3)10-7-17/h5-10,13H,4,11-12,15H2,1-3H3,(H,23,25). The first-order valence-electron chi connectivity index (χ1n) is 8.76. The van der Waals surface area contributed by atoms with E-state index in [4.69, 9.17) is 14.7 Å². The Morgan fingerprint density at radius 1 is 1.19 bits per heavy atom. The van der Waals surface area contributed by atoms with Crippen LogP contribution in [-0.4, -0.2) is 38.3 Å². The van der Waals surface area contributed by atoms with Gasteiger partial charge < -0.3 is 19.7 Å². The summed E-state index contributed by atoms with van der Waals surface area (Å²) in [6.45, 7) is 3.47. The number of ether oxygens (including phenoxy) is 2. The van der Waals surface area contributed by atoms with E-state index in [1.165, 1.54) is 0 Å². The van der Waals surface area contributed by atoms with Crippen molar-refractivity contribution in [2.75, 3.05) is 32.7 Å². The number of carbonyl (C=O) groups excluding carboxylic acids is 1. The molecule has 2 rings (SSSR count).